The van der Waals surface area contributed by atoms with E-state index in [0.717, 1.165) is 32.4 Å². The van der Waals surface area contributed by atoms with Gasteiger partial charge in [0, 0.05) is 19.3 Å². The molecule has 0 aromatic carbocycles. The zero-order chi connectivity index (χ0) is 14.5. The lowest BCUT2D eigenvalue weighted by Crippen LogP contribution is -2.43. The average Bonchev–Trinajstić information content (AvgIpc) is 2.47. The van der Waals surface area contributed by atoms with Crippen molar-refractivity contribution in [2.75, 3.05) is 13.1 Å². The number of likely N-dealkylation sites (tertiary alicyclic amines) is 1. The van der Waals surface area contributed by atoms with Crippen LogP contribution in [-0.4, -0.2) is 46.1 Å². The number of aromatic nitrogens is 1. The molecule has 1 aromatic heterocycles. The maximum absolute atomic E-state index is 12.2. The SMILES string of the molecule is CC(Oc1cccnc1C(=O)O)C(=O)N1CCCCC1. The molecule has 6 nitrogen and oxygen atoms in total. The van der Waals surface area contributed by atoms with Crippen LogP contribution in [0.15, 0.2) is 18.3 Å². The van der Waals surface area contributed by atoms with Gasteiger partial charge >= 0.3 is 5.97 Å². The van der Waals surface area contributed by atoms with Crippen LogP contribution < -0.4 is 4.74 Å². The van der Waals surface area contributed by atoms with Gasteiger partial charge in [-0.3, -0.25) is 4.79 Å². The molecular formula is C14H18N2O4. The highest BCUT2D eigenvalue weighted by atomic mass is 16.5. The molecule has 1 aliphatic rings. The molecule has 2 heterocycles. The van der Waals surface area contributed by atoms with Crippen LogP contribution in [-0.2, 0) is 4.79 Å². The molecule has 0 aliphatic carbocycles. The number of hydrogen-bond acceptors (Lipinski definition) is 4. The van der Waals surface area contributed by atoms with Crippen molar-refractivity contribution in [2.24, 2.45) is 0 Å². The summed E-state index contributed by atoms with van der Waals surface area (Å²) in [6.45, 7) is 3.12. The Balaban J connectivity index is 2.05. The van der Waals surface area contributed by atoms with Gasteiger partial charge in [-0.1, -0.05) is 0 Å². The highest BCUT2D eigenvalue weighted by Gasteiger charge is 2.25. The van der Waals surface area contributed by atoms with Gasteiger partial charge in [0.1, 0.15) is 0 Å². The summed E-state index contributed by atoms with van der Waals surface area (Å²) in [5.41, 5.74) is -0.175. The number of hydrogen-bond donors (Lipinski definition) is 1. The Morgan fingerprint density at radius 2 is 2.05 bits per heavy atom. The number of ether oxygens (including phenoxy) is 1. The van der Waals surface area contributed by atoms with Crippen LogP contribution in [0.25, 0.3) is 0 Å². The number of amides is 1. The van der Waals surface area contributed by atoms with E-state index in [1.54, 1.807) is 17.9 Å². The minimum Gasteiger partial charge on any atom is -0.478 e. The first kappa shape index (κ1) is 14.3. The molecule has 1 N–H and O–H groups in total. The van der Waals surface area contributed by atoms with Crippen molar-refractivity contribution in [2.45, 2.75) is 32.3 Å². The summed E-state index contributed by atoms with van der Waals surface area (Å²) in [4.78, 5) is 28.8. The summed E-state index contributed by atoms with van der Waals surface area (Å²) >= 11 is 0. The van der Waals surface area contributed by atoms with Crippen LogP contribution in [0, 0.1) is 0 Å². The molecule has 108 valence electrons. The van der Waals surface area contributed by atoms with Gasteiger partial charge in [0.15, 0.2) is 17.5 Å². The first-order valence-corrected chi connectivity index (χ1v) is 6.73. The fourth-order valence-electron chi connectivity index (χ4n) is 2.26. The minimum atomic E-state index is -1.17. The molecule has 1 fully saturated rings. The summed E-state index contributed by atoms with van der Waals surface area (Å²) in [6, 6.07) is 3.09. The monoisotopic (exact) mass is 278 g/mol. The summed E-state index contributed by atoms with van der Waals surface area (Å²) in [7, 11) is 0. The minimum absolute atomic E-state index is 0.107. The van der Waals surface area contributed by atoms with E-state index in [1.165, 1.54) is 12.3 Å². The number of rotatable bonds is 4. The van der Waals surface area contributed by atoms with Crippen LogP contribution in [0.4, 0.5) is 0 Å². The quantitative estimate of drug-likeness (QED) is 0.904. The Morgan fingerprint density at radius 1 is 1.35 bits per heavy atom. The standard InChI is InChI=1S/C14H18N2O4/c1-10(13(17)16-8-3-2-4-9-16)20-11-6-5-7-15-12(11)14(18)19/h5-7,10H,2-4,8-9H2,1H3,(H,18,19). The third kappa shape index (κ3) is 3.26. The average molecular weight is 278 g/mol. The number of carboxylic acid groups (broad SMARTS) is 1. The number of aromatic carboxylic acids is 1. The molecule has 2 rings (SSSR count). The molecular weight excluding hydrogens is 260 g/mol. The number of carbonyl (C=O) groups is 2. The highest BCUT2D eigenvalue weighted by molar-refractivity contribution is 5.89. The molecule has 1 unspecified atom stereocenters. The largest absolute Gasteiger partial charge is 0.478 e. The van der Waals surface area contributed by atoms with Crippen molar-refractivity contribution in [1.29, 1.82) is 0 Å². The zero-order valence-corrected chi connectivity index (χ0v) is 11.4. The Hall–Kier alpha value is -2.11. The second-order valence-electron chi connectivity index (χ2n) is 4.80. The predicted molar refractivity (Wildman–Crippen MR) is 71.7 cm³/mol. The van der Waals surface area contributed by atoms with Crippen molar-refractivity contribution >= 4 is 11.9 Å². The first-order valence-electron chi connectivity index (χ1n) is 6.73. The molecule has 0 bridgehead atoms. The molecule has 1 aromatic rings. The van der Waals surface area contributed by atoms with Gasteiger partial charge in [-0.05, 0) is 38.3 Å². The van der Waals surface area contributed by atoms with Gasteiger partial charge in [-0.25, -0.2) is 9.78 Å². The number of carbonyl (C=O) groups excluding carboxylic acids is 1. The Morgan fingerprint density at radius 3 is 2.70 bits per heavy atom. The van der Waals surface area contributed by atoms with Gasteiger partial charge in [0.25, 0.3) is 5.91 Å². The molecule has 0 saturated carbocycles. The van der Waals surface area contributed by atoms with E-state index in [2.05, 4.69) is 4.98 Å². The van der Waals surface area contributed by atoms with E-state index in [9.17, 15) is 9.59 Å². The van der Waals surface area contributed by atoms with Crippen molar-refractivity contribution in [3.8, 4) is 5.75 Å². The lowest BCUT2D eigenvalue weighted by molar-refractivity contribution is -0.138. The van der Waals surface area contributed by atoms with E-state index in [0.29, 0.717) is 0 Å². The van der Waals surface area contributed by atoms with Crippen LogP contribution in [0.3, 0.4) is 0 Å². The zero-order valence-electron chi connectivity index (χ0n) is 11.4. The first-order chi connectivity index (χ1) is 9.59. The second-order valence-corrected chi connectivity index (χ2v) is 4.80. The predicted octanol–water partition coefficient (Wildman–Crippen LogP) is 1.56. The van der Waals surface area contributed by atoms with Crippen molar-refractivity contribution < 1.29 is 19.4 Å². The molecule has 1 aliphatic heterocycles. The molecule has 1 atom stereocenters. The van der Waals surface area contributed by atoms with Crippen LogP contribution in [0.5, 0.6) is 5.75 Å². The smallest absolute Gasteiger partial charge is 0.358 e. The van der Waals surface area contributed by atoms with Crippen LogP contribution in [0.2, 0.25) is 0 Å². The maximum atomic E-state index is 12.2. The summed E-state index contributed by atoms with van der Waals surface area (Å²) in [5, 5.41) is 9.03. The Labute approximate surface area is 117 Å². The van der Waals surface area contributed by atoms with Gasteiger partial charge < -0.3 is 14.7 Å². The topological polar surface area (TPSA) is 79.7 Å². The molecule has 20 heavy (non-hydrogen) atoms. The van der Waals surface area contributed by atoms with Crippen molar-refractivity contribution in [3.05, 3.63) is 24.0 Å². The normalized spacial score (nSPS) is 16.6. The summed E-state index contributed by atoms with van der Waals surface area (Å²) < 4.78 is 5.49. The fraction of sp³-hybridized carbons (Fsp3) is 0.500. The maximum Gasteiger partial charge on any atom is 0.358 e. The summed E-state index contributed by atoms with van der Waals surface area (Å²) in [5.74, 6) is -1.15. The van der Waals surface area contributed by atoms with Gasteiger partial charge in [-0.2, -0.15) is 0 Å². The van der Waals surface area contributed by atoms with E-state index < -0.39 is 12.1 Å². The van der Waals surface area contributed by atoms with E-state index in [4.69, 9.17) is 9.84 Å². The molecule has 0 spiro atoms. The van der Waals surface area contributed by atoms with E-state index >= 15 is 0 Å². The van der Waals surface area contributed by atoms with Gasteiger partial charge in [0.2, 0.25) is 0 Å². The van der Waals surface area contributed by atoms with Gasteiger partial charge in [0.05, 0.1) is 0 Å². The molecule has 6 heteroatoms. The lowest BCUT2D eigenvalue weighted by atomic mass is 10.1. The number of carboxylic acids is 1. The Bertz CT molecular complexity index is 498. The fourth-order valence-corrected chi connectivity index (χ4v) is 2.26. The molecule has 1 saturated heterocycles. The van der Waals surface area contributed by atoms with E-state index in [1.807, 2.05) is 0 Å². The highest BCUT2D eigenvalue weighted by Crippen LogP contribution is 2.18. The van der Waals surface area contributed by atoms with Gasteiger partial charge in [-0.15, -0.1) is 0 Å². The number of pyridine rings is 1. The van der Waals surface area contributed by atoms with Crippen molar-refractivity contribution in [1.82, 2.24) is 9.88 Å². The third-order valence-corrected chi connectivity index (χ3v) is 3.29. The van der Waals surface area contributed by atoms with Crippen LogP contribution >= 0.6 is 0 Å². The molecule has 0 radical (unpaired) electrons. The van der Waals surface area contributed by atoms with Crippen LogP contribution in [0.1, 0.15) is 36.7 Å². The van der Waals surface area contributed by atoms with E-state index in [-0.39, 0.29) is 17.4 Å². The number of nitrogens with zero attached hydrogens (tertiary/aromatic N) is 2. The Kier molecular flexibility index (Phi) is 4.55. The third-order valence-electron chi connectivity index (χ3n) is 3.29. The molecule has 1 amide bonds. The second kappa shape index (κ2) is 6.36. The lowest BCUT2D eigenvalue weighted by Gasteiger charge is -2.29. The summed E-state index contributed by atoms with van der Waals surface area (Å²) in [6.07, 6.45) is 3.82. The van der Waals surface area contributed by atoms with Crippen molar-refractivity contribution in [3.63, 3.8) is 0 Å². The number of piperidine rings is 1.